The summed E-state index contributed by atoms with van der Waals surface area (Å²) in [5.41, 5.74) is 4.77. The van der Waals surface area contributed by atoms with Gasteiger partial charge in [-0.3, -0.25) is 9.59 Å². The molecule has 19 heavy (non-hydrogen) atoms. The molecule has 102 valence electrons. The Morgan fingerprint density at radius 1 is 1.63 bits per heavy atom. The van der Waals surface area contributed by atoms with Gasteiger partial charge in [-0.2, -0.15) is 4.37 Å². The fourth-order valence-corrected chi connectivity index (χ4v) is 3.65. The number of carbonyl (C=O) groups excluding carboxylic acids is 2. The SMILES string of the molecule is COc1cc(C(=O)N2CCC[C@@H]3C[C@@]32C(N)=O)sn1. The van der Waals surface area contributed by atoms with Gasteiger partial charge in [-0.25, -0.2) is 0 Å². The number of fused-ring (bicyclic) bond motifs is 1. The van der Waals surface area contributed by atoms with Crippen LogP contribution < -0.4 is 10.5 Å². The monoisotopic (exact) mass is 281 g/mol. The highest BCUT2D eigenvalue weighted by Crippen LogP contribution is 2.54. The molecule has 0 radical (unpaired) electrons. The number of ether oxygens (including phenoxy) is 1. The second kappa shape index (κ2) is 4.19. The number of rotatable bonds is 3. The minimum atomic E-state index is -0.743. The lowest BCUT2D eigenvalue weighted by atomic mass is 10.0. The summed E-state index contributed by atoms with van der Waals surface area (Å²) in [7, 11) is 1.51. The van der Waals surface area contributed by atoms with Gasteiger partial charge in [0.05, 0.1) is 7.11 Å². The third-order valence-electron chi connectivity index (χ3n) is 4.07. The van der Waals surface area contributed by atoms with Crippen LogP contribution in [0.2, 0.25) is 0 Å². The van der Waals surface area contributed by atoms with Crippen molar-refractivity contribution in [2.75, 3.05) is 13.7 Å². The van der Waals surface area contributed by atoms with Crippen LogP contribution in [-0.2, 0) is 4.79 Å². The van der Waals surface area contributed by atoms with Crippen LogP contribution in [0.3, 0.4) is 0 Å². The Kier molecular flexibility index (Phi) is 2.74. The molecule has 0 spiro atoms. The number of amides is 2. The van der Waals surface area contributed by atoms with Gasteiger partial charge in [0, 0.05) is 12.6 Å². The van der Waals surface area contributed by atoms with Gasteiger partial charge in [0.2, 0.25) is 11.8 Å². The van der Waals surface area contributed by atoms with E-state index in [1.165, 1.54) is 7.11 Å². The van der Waals surface area contributed by atoms with Crippen LogP contribution in [0.25, 0.3) is 0 Å². The topological polar surface area (TPSA) is 85.5 Å². The summed E-state index contributed by atoms with van der Waals surface area (Å²) in [6, 6.07) is 1.60. The fourth-order valence-electron chi connectivity index (χ4n) is 2.99. The van der Waals surface area contributed by atoms with Crippen molar-refractivity contribution in [2.24, 2.45) is 11.7 Å². The molecule has 2 N–H and O–H groups in total. The highest BCUT2D eigenvalue weighted by Gasteiger charge is 2.65. The first-order chi connectivity index (χ1) is 9.09. The van der Waals surface area contributed by atoms with Crippen molar-refractivity contribution in [3.8, 4) is 5.88 Å². The third-order valence-corrected chi connectivity index (χ3v) is 4.83. The maximum Gasteiger partial charge on any atom is 0.266 e. The number of nitrogens with zero attached hydrogens (tertiary/aromatic N) is 2. The summed E-state index contributed by atoms with van der Waals surface area (Å²) in [6.45, 7) is 0.582. The zero-order valence-corrected chi connectivity index (χ0v) is 11.4. The molecular weight excluding hydrogens is 266 g/mol. The molecule has 2 amide bonds. The molecule has 1 saturated carbocycles. The van der Waals surface area contributed by atoms with Crippen molar-refractivity contribution in [1.29, 1.82) is 0 Å². The van der Waals surface area contributed by atoms with Crippen molar-refractivity contribution < 1.29 is 14.3 Å². The molecule has 3 rings (SSSR count). The highest BCUT2D eigenvalue weighted by atomic mass is 32.1. The standard InChI is InChI=1S/C12H15N3O3S/c1-18-9-5-8(19-14-9)10(16)15-4-2-3-7-6-12(7,15)11(13)17/h5,7H,2-4,6H2,1H3,(H2,13,17)/t7-,12+/m1/s1. The third kappa shape index (κ3) is 1.72. The van der Waals surface area contributed by atoms with E-state index in [2.05, 4.69) is 4.37 Å². The lowest BCUT2D eigenvalue weighted by molar-refractivity contribution is -0.125. The van der Waals surface area contributed by atoms with Crippen molar-refractivity contribution in [1.82, 2.24) is 9.27 Å². The van der Waals surface area contributed by atoms with Crippen molar-refractivity contribution in [3.63, 3.8) is 0 Å². The van der Waals surface area contributed by atoms with Gasteiger partial charge in [-0.15, -0.1) is 0 Å². The predicted molar refractivity (Wildman–Crippen MR) is 69.0 cm³/mol. The highest BCUT2D eigenvalue weighted by molar-refractivity contribution is 7.08. The van der Waals surface area contributed by atoms with Crippen LogP contribution >= 0.6 is 11.5 Å². The molecule has 0 unspecified atom stereocenters. The van der Waals surface area contributed by atoms with E-state index in [0.29, 0.717) is 23.7 Å². The second-order valence-electron chi connectivity index (χ2n) is 5.02. The summed E-state index contributed by atoms with van der Waals surface area (Å²) in [6.07, 6.45) is 2.59. The summed E-state index contributed by atoms with van der Waals surface area (Å²) >= 11 is 1.09. The fraction of sp³-hybridized carbons (Fsp3) is 0.583. The van der Waals surface area contributed by atoms with Gasteiger partial charge in [0.15, 0.2) is 0 Å². The number of aromatic nitrogens is 1. The first-order valence-electron chi connectivity index (χ1n) is 6.22. The lowest BCUT2D eigenvalue weighted by Gasteiger charge is -2.33. The van der Waals surface area contributed by atoms with Crippen LogP contribution in [0.4, 0.5) is 0 Å². The van der Waals surface area contributed by atoms with Gasteiger partial charge in [0.1, 0.15) is 10.4 Å². The number of likely N-dealkylation sites (tertiary alicyclic amines) is 1. The molecule has 1 aliphatic heterocycles. The molecule has 2 atom stereocenters. The first-order valence-corrected chi connectivity index (χ1v) is 6.99. The van der Waals surface area contributed by atoms with E-state index in [1.54, 1.807) is 11.0 Å². The minimum Gasteiger partial charge on any atom is -0.480 e. The predicted octanol–water partition coefficient (Wildman–Crippen LogP) is 0.632. The molecule has 1 aromatic heterocycles. The number of nitrogens with two attached hydrogens (primary N) is 1. The maximum absolute atomic E-state index is 12.5. The normalized spacial score (nSPS) is 28.7. The van der Waals surface area contributed by atoms with Crippen LogP contribution in [-0.4, -0.2) is 40.3 Å². The van der Waals surface area contributed by atoms with Gasteiger partial charge < -0.3 is 15.4 Å². The number of hydrogen-bond donors (Lipinski definition) is 1. The Balaban J connectivity index is 1.88. The van der Waals surface area contributed by atoms with Crippen molar-refractivity contribution >= 4 is 23.3 Å². The van der Waals surface area contributed by atoms with Crippen LogP contribution in [0.15, 0.2) is 6.07 Å². The smallest absolute Gasteiger partial charge is 0.266 e. The number of hydrogen-bond acceptors (Lipinski definition) is 5. The average Bonchev–Trinajstić information content (AvgIpc) is 2.99. The average molecular weight is 281 g/mol. The molecule has 1 aromatic rings. The van der Waals surface area contributed by atoms with Gasteiger partial charge in [-0.05, 0) is 36.7 Å². The van der Waals surface area contributed by atoms with Crippen LogP contribution in [0.1, 0.15) is 28.9 Å². The number of carbonyl (C=O) groups is 2. The van der Waals surface area contributed by atoms with E-state index in [0.717, 1.165) is 24.4 Å². The minimum absolute atomic E-state index is 0.165. The summed E-state index contributed by atoms with van der Waals surface area (Å²) in [5, 5.41) is 0. The van der Waals surface area contributed by atoms with E-state index < -0.39 is 5.54 Å². The van der Waals surface area contributed by atoms with Gasteiger partial charge >= 0.3 is 0 Å². The second-order valence-corrected chi connectivity index (χ2v) is 5.83. The number of piperidine rings is 1. The van der Waals surface area contributed by atoms with Gasteiger partial charge in [-0.1, -0.05) is 0 Å². The Morgan fingerprint density at radius 3 is 3.05 bits per heavy atom. The van der Waals surface area contributed by atoms with Crippen molar-refractivity contribution in [3.05, 3.63) is 10.9 Å². The number of methoxy groups -OCH3 is 1. The van der Waals surface area contributed by atoms with Gasteiger partial charge in [0.25, 0.3) is 5.91 Å². The van der Waals surface area contributed by atoms with Crippen LogP contribution in [0.5, 0.6) is 5.88 Å². The Hall–Kier alpha value is -1.63. The molecule has 0 aromatic carbocycles. The molecule has 1 aliphatic carbocycles. The molecular formula is C12H15N3O3S. The van der Waals surface area contributed by atoms with Crippen LogP contribution in [0, 0.1) is 5.92 Å². The Bertz CT molecular complexity index is 544. The Morgan fingerprint density at radius 2 is 2.42 bits per heavy atom. The lowest BCUT2D eigenvalue weighted by Crippen LogP contribution is -2.53. The zero-order valence-electron chi connectivity index (χ0n) is 10.6. The molecule has 0 bridgehead atoms. The largest absolute Gasteiger partial charge is 0.480 e. The molecule has 2 heterocycles. The van der Waals surface area contributed by atoms with E-state index in [-0.39, 0.29) is 17.7 Å². The summed E-state index contributed by atoms with van der Waals surface area (Å²) < 4.78 is 8.99. The van der Waals surface area contributed by atoms with E-state index in [9.17, 15) is 9.59 Å². The maximum atomic E-state index is 12.5. The molecule has 2 aliphatic rings. The molecule has 6 nitrogen and oxygen atoms in total. The zero-order chi connectivity index (χ0) is 13.6. The Labute approximate surface area is 114 Å². The molecule has 1 saturated heterocycles. The van der Waals surface area contributed by atoms with E-state index >= 15 is 0 Å². The van der Waals surface area contributed by atoms with E-state index in [4.69, 9.17) is 10.5 Å². The molecule has 7 heteroatoms. The van der Waals surface area contributed by atoms with E-state index in [1.807, 2.05) is 0 Å². The number of primary amides is 1. The first kappa shape index (κ1) is 12.4. The molecule has 2 fully saturated rings. The quantitative estimate of drug-likeness (QED) is 0.880. The van der Waals surface area contributed by atoms with Crippen molar-refractivity contribution in [2.45, 2.75) is 24.8 Å². The summed E-state index contributed by atoms with van der Waals surface area (Å²) in [4.78, 5) is 26.4. The summed E-state index contributed by atoms with van der Waals surface area (Å²) in [5.74, 6) is 0.104.